The van der Waals surface area contributed by atoms with Crippen LogP contribution in [0.3, 0.4) is 0 Å². The molecule has 20 heavy (non-hydrogen) atoms. The number of nitrogens with one attached hydrogen (secondary N) is 1. The predicted octanol–water partition coefficient (Wildman–Crippen LogP) is 2.83. The Balaban J connectivity index is 1.76. The minimum absolute atomic E-state index is 0.248. The first-order chi connectivity index (χ1) is 9.65. The molecule has 1 unspecified atom stereocenters. The molecule has 0 aliphatic rings. The minimum Gasteiger partial charge on any atom is -0.387 e. The first-order valence-corrected chi connectivity index (χ1v) is 6.54. The molecule has 0 saturated carbocycles. The van der Waals surface area contributed by atoms with Crippen LogP contribution in [0.2, 0.25) is 0 Å². The summed E-state index contributed by atoms with van der Waals surface area (Å²) in [5, 5.41) is 13.0. The summed E-state index contributed by atoms with van der Waals surface area (Å²) in [5.74, 6) is -0.608. The van der Waals surface area contributed by atoms with E-state index in [0.717, 1.165) is 5.56 Å². The van der Waals surface area contributed by atoms with Crippen molar-refractivity contribution in [3.05, 3.63) is 71.3 Å². The Bertz CT molecular complexity index is 560. The van der Waals surface area contributed by atoms with Crippen molar-refractivity contribution in [2.45, 2.75) is 12.5 Å². The van der Waals surface area contributed by atoms with Gasteiger partial charge in [-0.15, -0.1) is 0 Å². The average molecular weight is 277 g/mol. The van der Waals surface area contributed by atoms with Gasteiger partial charge >= 0.3 is 0 Å². The lowest BCUT2D eigenvalue weighted by molar-refractivity contribution is 0.174. The summed E-state index contributed by atoms with van der Waals surface area (Å²) in [6.07, 6.45) is -0.0774. The number of halogens is 2. The summed E-state index contributed by atoms with van der Waals surface area (Å²) in [6, 6.07) is 12.3. The SMILES string of the molecule is OC(CNCCc1cccc(F)c1)c1cccc(F)c1. The van der Waals surface area contributed by atoms with Gasteiger partial charge in [0.1, 0.15) is 11.6 Å². The van der Waals surface area contributed by atoms with Crippen molar-refractivity contribution >= 4 is 0 Å². The molecule has 0 aliphatic carbocycles. The van der Waals surface area contributed by atoms with E-state index in [9.17, 15) is 13.9 Å². The highest BCUT2D eigenvalue weighted by Crippen LogP contribution is 2.13. The molecule has 2 aromatic rings. The third kappa shape index (κ3) is 4.40. The normalized spacial score (nSPS) is 12.3. The maximum Gasteiger partial charge on any atom is 0.123 e. The van der Waals surface area contributed by atoms with E-state index in [1.165, 1.54) is 24.3 Å². The zero-order valence-corrected chi connectivity index (χ0v) is 11.0. The zero-order chi connectivity index (χ0) is 14.4. The molecule has 0 saturated heterocycles. The Morgan fingerprint density at radius 1 is 1.00 bits per heavy atom. The van der Waals surface area contributed by atoms with Crippen molar-refractivity contribution in [3.8, 4) is 0 Å². The summed E-state index contributed by atoms with van der Waals surface area (Å²) in [7, 11) is 0. The topological polar surface area (TPSA) is 32.3 Å². The second kappa shape index (κ2) is 7.12. The first kappa shape index (κ1) is 14.6. The van der Waals surface area contributed by atoms with E-state index in [0.29, 0.717) is 25.1 Å². The second-order valence-electron chi connectivity index (χ2n) is 4.65. The zero-order valence-electron chi connectivity index (χ0n) is 11.0. The number of hydrogen-bond donors (Lipinski definition) is 2. The molecule has 2 rings (SSSR count). The molecular weight excluding hydrogens is 260 g/mol. The number of hydrogen-bond acceptors (Lipinski definition) is 2. The van der Waals surface area contributed by atoms with Crippen LogP contribution in [0.25, 0.3) is 0 Å². The van der Waals surface area contributed by atoms with Crippen molar-refractivity contribution in [1.29, 1.82) is 0 Å². The van der Waals surface area contributed by atoms with Gasteiger partial charge in [-0.1, -0.05) is 24.3 Å². The van der Waals surface area contributed by atoms with E-state index >= 15 is 0 Å². The van der Waals surface area contributed by atoms with Crippen molar-refractivity contribution in [2.75, 3.05) is 13.1 Å². The first-order valence-electron chi connectivity index (χ1n) is 6.54. The van der Waals surface area contributed by atoms with E-state index < -0.39 is 6.10 Å². The molecule has 0 aromatic heterocycles. The van der Waals surface area contributed by atoms with Gasteiger partial charge in [0.25, 0.3) is 0 Å². The van der Waals surface area contributed by atoms with Crippen LogP contribution in [0.15, 0.2) is 48.5 Å². The highest BCUT2D eigenvalue weighted by molar-refractivity contribution is 5.19. The molecule has 2 nitrogen and oxygen atoms in total. The van der Waals surface area contributed by atoms with Gasteiger partial charge in [0, 0.05) is 6.54 Å². The molecule has 1 atom stereocenters. The molecular formula is C16H17F2NO. The van der Waals surface area contributed by atoms with Crippen LogP contribution in [0.5, 0.6) is 0 Å². The molecule has 4 heteroatoms. The van der Waals surface area contributed by atoms with Gasteiger partial charge in [0.15, 0.2) is 0 Å². The van der Waals surface area contributed by atoms with Crippen molar-refractivity contribution in [3.63, 3.8) is 0 Å². The van der Waals surface area contributed by atoms with Crippen molar-refractivity contribution in [1.82, 2.24) is 5.32 Å². The van der Waals surface area contributed by atoms with Crippen LogP contribution in [0.4, 0.5) is 8.78 Å². The molecule has 0 spiro atoms. The maximum absolute atomic E-state index is 13.0. The van der Waals surface area contributed by atoms with Crippen LogP contribution in [-0.4, -0.2) is 18.2 Å². The van der Waals surface area contributed by atoms with Crippen LogP contribution in [0, 0.1) is 11.6 Å². The highest BCUT2D eigenvalue weighted by Gasteiger charge is 2.07. The monoisotopic (exact) mass is 277 g/mol. The van der Waals surface area contributed by atoms with E-state index in [1.54, 1.807) is 18.2 Å². The predicted molar refractivity (Wildman–Crippen MR) is 74.3 cm³/mol. The van der Waals surface area contributed by atoms with Gasteiger partial charge in [0.2, 0.25) is 0 Å². The molecule has 0 aliphatic heterocycles. The highest BCUT2D eigenvalue weighted by atomic mass is 19.1. The van der Waals surface area contributed by atoms with Gasteiger partial charge in [-0.3, -0.25) is 0 Å². The Labute approximate surface area is 117 Å². The van der Waals surface area contributed by atoms with E-state index in [2.05, 4.69) is 5.32 Å². The second-order valence-corrected chi connectivity index (χ2v) is 4.65. The standard InChI is InChI=1S/C16H17F2NO/c17-14-5-1-3-12(9-14)7-8-19-11-16(20)13-4-2-6-15(18)10-13/h1-6,9-10,16,19-20H,7-8,11H2. The summed E-state index contributed by atoms with van der Waals surface area (Å²) >= 11 is 0. The quantitative estimate of drug-likeness (QED) is 0.796. The summed E-state index contributed by atoms with van der Waals surface area (Å²) in [5.41, 5.74) is 1.45. The van der Waals surface area contributed by atoms with Gasteiger partial charge < -0.3 is 10.4 Å². The van der Waals surface area contributed by atoms with Crippen LogP contribution >= 0.6 is 0 Å². The number of benzene rings is 2. The van der Waals surface area contributed by atoms with Crippen LogP contribution < -0.4 is 5.32 Å². The fraction of sp³-hybridized carbons (Fsp3) is 0.250. The third-order valence-corrected chi connectivity index (χ3v) is 3.05. The average Bonchev–Trinajstić information content (AvgIpc) is 2.43. The molecule has 2 aromatic carbocycles. The van der Waals surface area contributed by atoms with Gasteiger partial charge in [-0.25, -0.2) is 8.78 Å². The molecule has 0 fully saturated rings. The Hall–Kier alpha value is -1.78. The van der Waals surface area contributed by atoms with Crippen LogP contribution in [-0.2, 0) is 6.42 Å². The Kier molecular flexibility index (Phi) is 5.21. The molecule has 0 radical (unpaired) electrons. The summed E-state index contributed by atoms with van der Waals surface area (Å²) < 4.78 is 26.0. The number of aliphatic hydroxyl groups excluding tert-OH is 1. The van der Waals surface area contributed by atoms with Crippen molar-refractivity contribution < 1.29 is 13.9 Å². The van der Waals surface area contributed by atoms with E-state index in [1.807, 2.05) is 6.07 Å². The fourth-order valence-corrected chi connectivity index (χ4v) is 2.00. The molecule has 106 valence electrons. The van der Waals surface area contributed by atoms with Crippen molar-refractivity contribution in [2.24, 2.45) is 0 Å². The van der Waals surface area contributed by atoms with E-state index in [-0.39, 0.29) is 11.6 Å². The largest absolute Gasteiger partial charge is 0.387 e. The molecule has 0 amide bonds. The lowest BCUT2D eigenvalue weighted by Crippen LogP contribution is -2.23. The smallest absolute Gasteiger partial charge is 0.123 e. The maximum atomic E-state index is 13.0. The van der Waals surface area contributed by atoms with E-state index in [4.69, 9.17) is 0 Å². The number of rotatable bonds is 6. The summed E-state index contributed by atoms with van der Waals surface area (Å²) in [6.45, 7) is 0.953. The lowest BCUT2D eigenvalue weighted by atomic mass is 10.1. The lowest BCUT2D eigenvalue weighted by Gasteiger charge is -2.12. The Morgan fingerprint density at radius 3 is 2.40 bits per heavy atom. The molecule has 2 N–H and O–H groups in total. The minimum atomic E-state index is -0.752. The van der Waals surface area contributed by atoms with Crippen LogP contribution in [0.1, 0.15) is 17.2 Å². The summed E-state index contributed by atoms with van der Waals surface area (Å²) in [4.78, 5) is 0. The third-order valence-electron chi connectivity index (χ3n) is 3.05. The van der Waals surface area contributed by atoms with Gasteiger partial charge in [-0.05, 0) is 48.4 Å². The fourth-order valence-electron chi connectivity index (χ4n) is 2.00. The van der Waals surface area contributed by atoms with Gasteiger partial charge in [-0.2, -0.15) is 0 Å². The Morgan fingerprint density at radius 2 is 1.70 bits per heavy atom. The van der Waals surface area contributed by atoms with Gasteiger partial charge in [0.05, 0.1) is 6.10 Å². The molecule has 0 heterocycles. The number of aliphatic hydroxyl groups is 1. The molecule has 0 bridgehead atoms.